The lowest BCUT2D eigenvalue weighted by Crippen LogP contribution is -2.32. The molecule has 3 heteroatoms. The molecule has 2 heterocycles. The Labute approximate surface area is 435 Å². The summed E-state index contributed by atoms with van der Waals surface area (Å²) in [5, 5.41) is 2.46. The van der Waals surface area contributed by atoms with E-state index >= 15 is 0 Å². The molecule has 2 spiro atoms. The number of hydrogen-bond acceptors (Lipinski definition) is 3. The third kappa shape index (κ3) is 5.70. The third-order valence-corrected chi connectivity index (χ3v) is 16.6. The van der Waals surface area contributed by atoms with Gasteiger partial charge in [0.15, 0.2) is 0 Å². The maximum absolute atomic E-state index is 6.87. The molecule has 75 heavy (non-hydrogen) atoms. The minimum Gasteiger partial charge on any atom is -0.457 e. The molecule has 350 valence electrons. The van der Waals surface area contributed by atoms with Gasteiger partial charge in [0.2, 0.25) is 0 Å². The van der Waals surface area contributed by atoms with E-state index in [1.807, 2.05) is 0 Å². The summed E-state index contributed by atoms with van der Waals surface area (Å²) in [5.41, 5.74) is 20.9. The number of anilines is 3. The van der Waals surface area contributed by atoms with Gasteiger partial charge in [0, 0.05) is 39.1 Å². The first kappa shape index (κ1) is 41.9. The van der Waals surface area contributed by atoms with Crippen LogP contribution < -0.4 is 14.4 Å². The van der Waals surface area contributed by atoms with E-state index in [0.29, 0.717) is 0 Å². The molecule has 16 rings (SSSR count). The molecule has 12 aromatic rings. The average molecular weight is 956 g/mol. The first-order chi connectivity index (χ1) is 37.2. The van der Waals surface area contributed by atoms with Gasteiger partial charge in [-0.25, -0.2) is 0 Å². The van der Waals surface area contributed by atoms with Gasteiger partial charge in [-0.05, 0) is 115 Å². The lowest BCUT2D eigenvalue weighted by atomic mass is 9.66. The van der Waals surface area contributed by atoms with Gasteiger partial charge >= 0.3 is 0 Å². The molecule has 0 saturated heterocycles. The Morgan fingerprint density at radius 1 is 0.267 bits per heavy atom. The molecule has 0 unspecified atom stereocenters. The molecule has 0 N–H and O–H groups in total. The number of rotatable bonds is 5. The second-order valence-electron chi connectivity index (χ2n) is 20.2. The van der Waals surface area contributed by atoms with Crippen molar-refractivity contribution in [2.45, 2.75) is 10.8 Å². The van der Waals surface area contributed by atoms with E-state index in [9.17, 15) is 0 Å². The minimum absolute atomic E-state index is 0.647. The number of ether oxygens (including phenoxy) is 2. The summed E-state index contributed by atoms with van der Waals surface area (Å²) in [6, 6.07) is 100. The van der Waals surface area contributed by atoms with E-state index in [2.05, 4.69) is 278 Å². The molecule has 2 aliphatic carbocycles. The fourth-order valence-corrected chi connectivity index (χ4v) is 13.7. The van der Waals surface area contributed by atoms with Crippen molar-refractivity contribution in [1.82, 2.24) is 0 Å². The van der Waals surface area contributed by atoms with Crippen LogP contribution in [0.5, 0.6) is 23.0 Å². The van der Waals surface area contributed by atoms with E-state index in [1.54, 1.807) is 0 Å². The molecule has 3 nitrogen and oxygen atoms in total. The maximum Gasteiger partial charge on any atom is 0.132 e. The van der Waals surface area contributed by atoms with E-state index in [0.717, 1.165) is 73.4 Å². The number of nitrogens with zero attached hydrogens (tertiary/aromatic N) is 1. The molecule has 2 aliphatic heterocycles. The zero-order valence-corrected chi connectivity index (χ0v) is 40.7. The van der Waals surface area contributed by atoms with Crippen molar-refractivity contribution in [2.75, 3.05) is 4.90 Å². The van der Waals surface area contributed by atoms with E-state index in [1.165, 1.54) is 66.4 Å². The molecule has 0 aromatic heterocycles. The predicted molar refractivity (Wildman–Crippen MR) is 304 cm³/mol. The van der Waals surface area contributed by atoms with Crippen molar-refractivity contribution < 1.29 is 9.47 Å². The monoisotopic (exact) mass is 955 g/mol. The summed E-state index contributed by atoms with van der Waals surface area (Å²) >= 11 is 0. The molecule has 0 amide bonds. The van der Waals surface area contributed by atoms with Crippen LogP contribution in [0, 0.1) is 0 Å². The van der Waals surface area contributed by atoms with Crippen molar-refractivity contribution in [3.63, 3.8) is 0 Å². The molecule has 0 fully saturated rings. The van der Waals surface area contributed by atoms with Gasteiger partial charge in [-0.1, -0.05) is 224 Å². The fraction of sp³-hybridized carbons (Fsp3) is 0.0278. The molecule has 0 bridgehead atoms. The van der Waals surface area contributed by atoms with Gasteiger partial charge < -0.3 is 14.4 Å². The normalized spacial score (nSPS) is 14.0. The molecule has 12 aromatic carbocycles. The van der Waals surface area contributed by atoms with Crippen LogP contribution in [-0.4, -0.2) is 0 Å². The lowest BCUT2D eigenvalue weighted by Gasteiger charge is -2.40. The van der Waals surface area contributed by atoms with Crippen LogP contribution in [0.3, 0.4) is 0 Å². The van der Waals surface area contributed by atoms with Crippen LogP contribution in [0.25, 0.3) is 55.3 Å². The van der Waals surface area contributed by atoms with Crippen LogP contribution in [-0.2, 0) is 10.8 Å². The number of para-hydroxylation sites is 5. The van der Waals surface area contributed by atoms with Gasteiger partial charge in [-0.2, -0.15) is 0 Å². The van der Waals surface area contributed by atoms with E-state index in [-0.39, 0.29) is 0 Å². The highest BCUT2D eigenvalue weighted by molar-refractivity contribution is 6.06. The van der Waals surface area contributed by atoms with E-state index in [4.69, 9.17) is 9.47 Å². The summed E-state index contributed by atoms with van der Waals surface area (Å²) in [6.07, 6.45) is 0. The van der Waals surface area contributed by atoms with Crippen molar-refractivity contribution in [3.8, 4) is 67.5 Å². The van der Waals surface area contributed by atoms with Crippen LogP contribution in [0.15, 0.2) is 273 Å². The zero-order valence-electron chi connectivity index (χ0n) is 40.7. The second-order valence-corrected chi connectivity index (χ2v) is 20.2. The Morgan fingerprint density at radius 3 is 1.40 bits per heavy atom. The number of hydrogen-bond donors (Lipinski definition) is 0. The summed E-state index contributed by atoms with van der Waals surface area (Å²) in [5.74, 6) is 3.49. The zero-order chi connectivity index (χ0) is 49.2. The number of fused-ring (bicyclic) bond motifs is 20. The quantitative estimate of drug-likeness (QED) is 0.172. The van der Waals surface area contributed by atoms with Crippen molar-refractivity contribution in [3.05, 3.63) is 317 Å². The summed E-state index contributed by atoms with van der Waals surface area (Å²) in [4.78, 5) is 2.55. The summed E-state index contributed by atoms with van der Waals surface area (Å²) in [6.45, 7) is 0. The first-order valence-corrected chi connectivity index (χ1v) is 25.9. The van der Waals surface area contributed by atoms with Crippen molar-refractivity contribution in [1.29, 1.82) is 0 Å². The van der Waals surface area contributed by atoms with Crippen LogP contribution >= 0.6 is 0 Å². The SMILES string of the molecule is c1ccc(-c2ccc(-c3ccccc3N(c3ccc4c(c3)C3(c5ccccc5Oc5ccccc53)c3ccc5ccccc5c3-4)c3cccc4c3-c3ccccc3C43c4ccccc4Oc4ccccc43)cc2)cc1. The standard InChI is InChI=1S/C72H45NO2/c1-2-19-46(20-3-1)47-37-39-49(40-38-47)51-22-7-13-31-63(51)73(64-32-18-30-60-70(64)53-24-6-8-25-55(53)71(60)56-26-9-14-33-65(56)74-66-34-15-10-27-57(66)71)50-42-43-54-62(45-50)72(61-44-41-48-21-4-5-23-52(48)69(54)61)58-28-11-16-35-67(58)75-68-36-17-12-29-59(68)72/h1-45H. The molecule has 0 radical (unpaired) electrons. The Bertz CT molecular complexity index is 4230. The topological polar surface area (TPSA) is 21.7 Å². The summed E-state index contributed by atoms with van der Waals surface area (Å²) < 4.78 is 13.7. The fourth-order valence-electron chi connectivity index (χ4n) is 13.7. The molecular weight excluding hydrogens is 911 g/mol. The molecular formula is C72H45NO2. The van der Waals surface area contributed by atoms with Gasteiger partial charge in [0.05, 0.1) is 22.2 Å². The minimum atomic E-state index is -0.695. The van der Waals surface area contributed by atoms with Gasteiger partial charge in [0.1, 0.15) is 23.0 Å². The molecule has 0 atom stereocenters. The van der Waals surface area contributed by atoms with Crippen molar-refractivity contribution >= 4 is 27.8 Å². The lowest BCUT2D eigenvalue weighted by molar-refractivity contribution is 0.436. The Kier molecular flexibility index (Phi) is 8.88. The first-order valence-electron chi connectivity index (χ1n) is 25.9. The second kappa shape index (κ2) is 15.9. The van der Waals surface area contributed by atoms with Gasteiger partial charge in [0.25, 0.3) is 0 Å². The van der Waals surface area contributed by atoms with Crippen LogP contribution in [0.4, 0.5) is 17.1 Å². The smallest absolute Gasteiger partial charge is 0.132 e. The Balaban J connectivity index is 1.01. The molecule has 4 aliphatic rings. The third-order valence-electron chi connectivity index (χ3n) is 16.6. The van der Waals surface area contributed by atoms with Gasteiger partial charge in [-0.15, -0.1) is 0 Å². The molecule has 0 saturated carbocycles. The maximum atomic E-state index is 6.87. The van der Waals surface area contributed by atoms with Gasteiger partial charge in [-0.3, -0.25) is 0 Å². The highest BCUT2D eigenvalue weighted by Gasteiger charge is 2.54. The van der Waals surface area contributed by atoms with Crippen LogP contribution in [0.2, 0.25) is 0 Å². The highest BCUT2D eigenvalue weighted by Crippen LogP contribution is 2.66. The summed E-state index contributed by atoms with van der Waals surface area (Å²) in [7, 11) is 0. The van der Waals surface area contributed by atoms with E-state index < -0.39 is 10.8 Å². The number of benzene rings is 12. The Hall–Kier alpha value is -9.70. The Morgan fingerprint density at radius 2 is 0.733 bits per heavy atom. The van der Waals surface area contributed by atoms with Crippen LogP contribution in [0.1, 0.15) is 44.5 Å². The largest absolute Gasteiger partial charge is 0.457 e. The van der Waals surface area contributed by atoms with Crippen molar-refractivity contribution in [2.24, 2.45) is 0 Å². The highest BCUT2D eigenvalue weighted by atomic mass is 16.5. The average Bonchev–Trinajstić information content (AvgIpc) is 3.98. The predicted octanol–water partition coefficient (Wildman–Crippen LogP) is 18.6.